The largest absolute Gasteiger partial charge is 0.384 e. The van der Waals surface area contributed by atoms with E-state index in [9.17, 15) is 13.2 Å². The van der Waals surface area contributed by atoms with Crippen LogP contribution < -0.4 is 10.6 Å². The quantitative estimate of drug-likeness (QED) is 0.654. The van der Waals surface area contributed by atoms with Gasteiger partial charge in [0.2, 0.25) is 15.9 Å². The molecule has 1 saturated carbocycles. The van der Waals surface area contributed by atoms with E-state index in [1.165, 1.54) is 37.7 Å². The van der Waals surface area contributed by atoms with Gasteiger partial charge in [0.25, 0.3) is 0 Å². The van der Waals surface area contributed by atoms with E-state index in [1.54, 1.807) is 18.2 Å². The zero-order chi connectivity index (χ0) is 20.7. The third-order valence-electron chi connectivity index (χ3n) is 5.24. The second-order valence-electron chi connectivity index (χ2n) is 7.35. The molecule has 1 aliphatic carbocycles. The van der Waals surface area contributed by atoms with Crippen LogP contribution in [0.15, 0.2) is 23.1 Å². The first-order valence-corrected chi connectivity index (χ1v) is 11.6. The Kier molecular flexibility index (Phi) is 8.12. The van der Waals surface area contributed by atoms with Crippen molar-refractivity contribution in [2.45, 2.75) is 56.9 Å². The van der Waals surface area contributed by atoms with Crippen LogP contribution in [-0.2, 0) is 14.8 Å². The van der Waals surface area contributed by atoms with E-state index in [4.69, 9.17) is 0 Å². The van der Waals surface area contributed by atoms with E-state index < -0.39 is 10.0 Å². The first-order valence-electron chi connectivity index (χ1n) is 10.1. The summed E-state index contributed by atoms with van der Waals surface area (Å²) in [6, 6.07) is 5.24. The molecular weight excluding hydrogens is 376 g/mol. The maximum Gasteiger partial charge on any atom is 0.242 e. The molecule has 1 fully saturated rings. The predicted octanol–water partition coefficient (Wildman–Crippen LogP) is 2.96. The van der Waals surface area contributed by atoms with E-state index in [0.717, 1.165) is 18.5 Å². The summed E-state index contributed by atoms with van der Waals surface area (Å²) in [7, 11) is -0.523. The summed E-state index contributed by atoms with van der Waals surface area (Å²) in [4.78, 5) is 15.0. The number of hydrogen-bond acceptors (Lipinski definition) is 5. The Hall–Kier alpha value is -1.80. The van der Waals surface area contributed by atoms with Crippen molar-refractivity contribution in [2.24, 2.45) is 0 Å². The van der Waals surface area contributed by atoms with Crippen molar-refractivity contribution in [3.05, 3.63) is 18.2 Å². The van der Waals surface area contributed by atoms with Crippen LogP contribution in [0.4, 0.5) is 11.4 Å². The van der Waals surface area contributed by atoms with Crippen LogP contribution in [0, 0.1) is 0 Å². The number of carbonyl (C=O) groups excluding carboxylic acids is 1. The fourth-order valence-electron chi connectivity index (χ4n) is 3.69. The molecule has 0 atom stereocenters. The lowest BCUT2D eigenvalue weighted by molar-refractivity contribution is -0.132. The van der Waals surface area contributed by atoms with Crippen molar-refractivity contribution < 1.29 is 13.2 Å². The van der Waals surface area contributed by atoms with Gasteiger partial charge in [0.15, 0.2) is 0 Å². The second kappa shape index (κ2) is 10.1. The molecule has 28 heavy (non-hydrogen) atoms. The van der Waals surface area contributed by atoms with Crippen LogP contribution in [0.25, 0.3) is 0 Å². The van der Waals surface area contributed by atoms with Gasteiger partial charge in [-0.2, -0.15) is 0 Å². The Balaban J connectivity index is 2.17. The van der Waals surface area contributed by atoms with Gasteiger partial charge in [0.1, 0.15) is 0 Å². The highest BCUT2D eigenvalue weighted by Gasteiger charge is 2.24. The summed E-state index contributed by atoms with van der Waals surface area (Å²) >= 11 is 0. The minimum absolute atomic E-state index is 0.0534. The fourth-order valence-corrected chi connectivity index (χ4v) is 4.62. The average molecular weight is 411 g/mol. The van der Waals surface area contributed by atoms with Crippen LogP contribution in [-0.4, -0.2) is 63.3 Å². The highest BCUT2D eigenvalue weighted by Crippen LogP contribution is 2.27. The Morgan fingerprint density at radius 3 is 2.32 bits per heavy atom. The number of likely N-dealkylation sites (N-methyl/N-ethyl adjacent to an activating group) is 1. The topological polar surface area (TPSA) is 81.8 Å². The summed E-state index contributed by atoms with van der Waals surface area (Å²) in [5.41, 5.74) is 1.41. The monoisotopic (exact) mass is 410 g/mol. The van der Waals surface area contributed by atoms with E-state index in [-0.39, 0.29) is 17.3 Å². The summed E-state index contributed by atoms with van der Waals surface area (Å²) in [6.45, 7) is 5.53. The van der Waals surface area contributed by atoms with Gasteiger partial charge in [-0.25, -0.2) is 12.7 Å². The minimum Gasteiger partial charge on any atom is -0.384 e. The average Bonchev–Trinajstić information content (AvgIpc) is 2.68. The number of carbonyl (C=O) groups is 1. The van der Waals surface area contributed by atoms with Gasteiger partial charge in [-0.05, 0) is 44.9 Å². The molecule has 2 N–H and O–H groups in total. The zero-order valence-electron chi connectivity index (χ0n) is 17.5. The van der Waals surface area contributed by atoms with E-state index >= 15 is 0 Å². The number of rotatable bonds is 9. The number of amides is 1. The molecule has 7 nitrogen and oxygen atoms in total. The lowest BCUT2D eigenvalue weighted by Crippen LogP contribution is -2.44. The Bertz CT molecular complexity index is 759. The van der Waals surface area contributed by atoms with Crippen molar-refractivity contribution in [1.29, 1.82) is 0 Å². The predicted molar refractivity (Wildman–Crippen MR) is 114 cm³/mol. The van der Waals surface area contributed by atoms with Gasteiger partial charge in [0.05, 0.1) is 22.8 Å². The molecule has 0 saturated heterocycles. The molecule has 0 spiro atoms. The molecule has 0 heterocycles. The number of hydrogen-bond donors (Lipinski definition) is 2. The number of nitrogens with one attached hydrogen (secondary N) is 2. The number of sulfonamides is 1. The first-order chi connectivity index (χ1) is 13.3. The molecule has 0 aliphatic heterocycles. The van der Waals surface area contributed by atoms with E-state index in [2.05, 4.69) is 10.6 Å². The molecule has 1 aliphatic rings. The smallest absolute Gasteiger partial charge is 0.242 e. The molecule has 0 bridgehead atoms. The van der Waals surface area contributed by atoms with Gasteiger partial charge < -0.3 is 15.5 Å². The number of nitrogens with zero attached hydrogens (tertiary/aromatic N) is 2. The lowest BCUT2D eigenvalue weighted by atomic mass is 9.94. The summed E-state index contributed by atoms with van der Waals surface area (Å²) in [5, 5.41) is 6.38. The molecule has 158 valence electrons. The SMILES string of the molecule is CCNc1ccc(S(=O)(=O)N(C)C)cc1NCC(=O)N(CC)C1CCCCC1. The molecule has 8 heteroatoms. The minimum atomic E-state index is -3.54. The van der Waals surface area contributed by atoms with Crippen molar-refractivity contribution in [3.8, 4) is 0 Å². The van der Waals surface area contributed by atoms with Crippen molar-refractivity contribution in [3.63, 3.8) is 0 Å². The third-order valence-corrected chi connectivity index (χ3v) is 7.05. The normalized spacial score (nSPS) is 15.5. The van der Waals surface area contributed by atoms with Crippen LogP contribution in [0.5, 0.6) is 0 Å². The summed E-state index contributed by atoms with van der Waals surface area (Å²) in [5.74, 6) is 0.0534. The van der Waals surface area contributed by atoms with Crippen molar-refractivity contribution in [1.82, 2.24) is 9.21 Å². The Morgan fingerprint density at radius 1 is 1.07 bits per heavy atom. The van der Waals surface area contributed by atoms with Gasteiger partial charge in [-0.15, -0.1) is 0 Å². The maximum absolute atomic E-state index is 12.8. The third kappa shape index (κ3) is 5.38. The van der Waals surface area contributed by atoms with E-state index in [1.807, 2.05) is 18.7 Å². The Morgan fingerprint density at radius 2 is 1.75 bits per heavy atom. The molecule has 1 aromatic rings. The van der Waals surface area contributed by atoms with Gasteiger partial charge in [-0.1, -0.05) is 19.3 Å². The molecule has 2 rings (SSSR count). The molecule has 1 amide bonds. The van der Waals surface area contributed by atoms with E-state index in [0.29, 0.717) is 24.8 Å². The number of benzene rings is 1. The second-order valence-corrected chi connectivity index (χ2v) is 9.50. The maximum atomic E-state index is 12.8. The molecule has 0 radical (unpaired) electrons. The highest BCUT2D eigenvalue weighted by atomic mass is 32.2. The van der Waals surface area contributed by atoms with Crippen LogP contribution in [0.2, 0.25) is 0 Å². The summed E-state index contributed by atoms with van der Waals surface area (Å²) in [6.07, 6.45) is 5.74. The van der Waals surface area contributed by atoms with Crippen LogP contribution >= 0.6 is 0 Å². The number of anilines is 2. The van der Waals surface area contributed by atoms with Crippen molar-refractivity contribution >= 4 is 27.3 Å². The fraction of sp³-hybridized carbons (Fsp3) is 0.650. The lowest BCUT2D eigenvalue weighted by Gasteiger charge is -2.33. The van der Waals surface area contributed by atoms with Crippen LogP contribution in [0.3, 0.4) is 0 Å². The van der Waals surface area contributed by atoms with Crippen LogP contribution in [0.1, 0.15) is 46.0 Å². The van der Waals surface area contributed by atoms with Crippen molar-refractivity contribution in [2.75, 3.05) is 44.4 Å². The highest BCUT2D eigenvalue weighted by molar-refractivity contribution is 7.89. The molecule has 0 aromatic heterocycles. The standard InChI is InChI=1S/C20H34N4O3S/c1-5-21-18-13-12-17(28(26,27)23(3)4)14-19(18)22-15-20(25)24(6-2)16-10-8-7-9-11-16/h12-14,16,21-22H,5-11,15H2,1-4H3. The van der Waals surface area contributed by atoms with Gasteiger partial charge >= 0.3 is 0 Å². The van der Waals surface area contributed by atoms with Gasteiger partial charge in [0, 0.05) is 33.2 Å². The molecular formula is C20H34N4O3S. The zero-order valence-corrected chi connectivity index (χ0v) is 18.3. The summed E-state index contributed by atoms with van der Waals surface area (Å²) < 4.78 is 26.1. The van der Waals surface area contributed by atoms with Gasteiger partial charge in [-0.3, -0.25) is 4.79 Å². The molecule has 1 aromatic carbocycles. The molecule has 0 unspecified atom stereocenters. The Labute approximate surface area is 169 Å². The first kappa shape index (κ1) is 22.5.